The van der Waals surface area contributed by atoms with Crippen LogP contribution >= 0.6 is 23.5 Å². The van der Waals surface area contributed by atoms with Crippen molar-refractivity contribution in [1.82, 2.24) is 4.57 Å². The van der Waals surface area contributed by atoms with Crippen molar-refractivity contribution in [2.75, 3.05) is 9.80 Å². The molecule has 0 saturated carbocycles. The van der Waals surface area contributed by atoms with E-state index in [2.05, 4.69) is 277 Å². The highest BCUT2D eigenvalue weighted by Gasteiger charge is 2.49. The molecule has 7 heteroatoms. The van der Waals surface area contributed by atoms with Gasteiger partial charge in [0.15, 0.2) is 11.0 Å². The molecule has 80 heavy (non-hydrogen) atoms. The monoisotopic (exact) mass is 1090 g/mol. The maximum Gasteiger partial charge on any atom is 0.295 e. The van der Waals surface area contributed by atoms with Gasteiger partial charge >= 0.3 is 0 Å². The maximum absolute atomic E-state index is 2.70. The zero-order valence-electron chi connectivity index (χ0n) is 50.5. The van der Waals surface area contributed by atoms with Crippen molar-refractivity contribution >= 4 is 91.8 Å². The van der Waals surface area contributed by atoms with Crippen molar-refractivity contribution < 1.29 is 4.57 Å². The molecule has 0 fully saturated rings. The Morgan fingerprint density at radius 2 is 0.925 bits per heavy atom. The van der Waals surface area contributed by atoms with Gasteiger partial charge in [0, 0.05) is 42.1 Å². The minimum absolute atomic E-state index is 0.00179. The number of rotatable bonds is 5. The number of nitrogens with zero attached hydrogens (tertiary/aromatic N) is 4. The second-order valence-corrected chi connectivity index (χ2v) is 30.4. The van der Waals surface area contributed by atoms with Crippen LogP contribution in [-0.2, 0) is 28.7 Å². The molecule has 8 aromatic carbocycles. The number of aromatic nitrogens is 2. The predicted molar refractivity (Wildman–Crippen MR) is 345 cm³/mol. The molecule has 4 aliphatic heterocycles. The molecule has 0 N–H and O–H groups in total. The van der Waals surface area contributed by atoms with Gasteiger partial charge in [-0.15, -0.1) is 0 Å². The zero-order valence-corrected chi connectivity index (χ0v) is 52.2. The Kier molecular flexibility index (Phi) is 11.9. The molecule has 404 valence electrons. The number of fused-ring (bicyclic) bond motifs is 9. The third-order valence-corrected chi connectivity index (χ3v) is 20.0. The number of para-hydroxylation sites is 1. The first-order chi connectivity index (χ1) is 37.7. The van der Waals surface area contributed by atoms with Crippen LogP contribution in [0.15, 0.2) is 153 Å². The summed E-state index contributed by atoms with van der Waals surface area (Å²) >= 11 is 3.94. The van der Waals surface area contributed by atoms with Crippen molar-refractivity contribution in [2.45, 2.75) is 171 Å². The summed E-state index contributed by atoms with van der Waals surface area (Å²) in [5.74, 6) is 1.83. The first kappa shape index (κ1) is 52.9. The Morgan fingerprint density at radius 3 is 1.39 bits per heavy atom. The van der Waals surface area contributed by atoms with Gasteiger partial charge in [-0.05, 0) is 169 Å². The summed E-state index contributed by atoms with van der Waals surface area (Å²) in [7, 11) is 2.27. The van der Waals surface area contributed by atoms with Crippen molar-refractivity contribution in [3.63, 3.8) is 0 Å². The summed E-state index contributed by atoms with van der Waals surface area (Å²) in [4.78, 5) is 10.7. The zero-order chi connectivity index (χ0) is 56.6. The van der Waals surface area contributed by atoms with Crippen LogP contribution in [0.25, 0.3) is 39.2 Å². The highest BCUT2D eigenvalue weighted by Crippen LogP contribution is 2.59. The molecule has 13 rings (SSSR count). The van der Waals surface area contributed by atoms with Gasteiger partial charge in [-0.3, -0.25) is 0 Å². The average Bonchev–Trinajstić information content (AvgIpc) is 1.16. The maximum atomic E-state index is 2.70. The summed E-state index contributed by atoms with van der Waals surface area (Å²) in [6.45, 7) is 40.0. The molecule has 4 aliphatic rings. The lowest BCUT2D eigenvalue weighted by atomic mass is 9.33. The molecule has 0 radical (unpaired) electrons. The van der Waals surface area contributed by atoms with E-state index in [0.717, 1.165) is 0 Å². The van der Waals surface area contributed by atoms with E-state index in [1.807, 2.05) is 23.5 Å². The highest BCUT2D eigenvalue weighted by molar-refractivity contribution is 8.00. The van der Waals surface area contributed by atoms with Gasteiger partial charge in [0.25, 0.3) is 12.5 Å². The van der Waals surface area contributed by atoms with E-state index < -0.39 is 0 Å². The molecular formula is C73H78BN4S2+. The minimum Gasteiger partial charge on any atom is -0.309 e. The van der Waals surface area contributed by atoms with E-state index in [1.165, 1.54) is 148 Å². The van der Waals surface area contributed by atoms with Gasteiger partial charge in [0.1, 0.15) is 5.69 Å². The Balaban J connectivity index is 1.17. The van der Waals surface area contributed by atoms with Crippen LogP contribution in [0.5, 0.6) is 0 Å². The van der Waals surface area contributed by atoms with Crippen LogP contribution in [0.1, 0.15) is 162 Å². The molecular weight excluding hydrogens is 1010 g/mol. The largest absolute Gasteiger partial charge is 0.309 e. The average molecular weight is 1090 g/mol. The van der Waals surface area contributed by atoms with Crippen molar-refractivity contribution in [2.24, 2.45) is 7.05 Å². The van der Waals surface area contributed by atoms with Gasteiger partial charge in [-0.2, -0.15) is 4.57 Å². The summed E-state index contributed by atoms with van der Waals surface area (Å²) in [6, 6.07) is 53.3. The lowest BCUT2D eigenvalue weighted by molar-refractivity contribution is -0.633. The van der Waals surface area contributed by atoms with E-state index >= 15 is 0 Å². The van der Waals surface area contributed by atoms with E-state index in [-0.39, 0.29) is 28.4 Å². The number of imidazole rings is 1. The van der Waals surface area contributed by atoms with Crippen molar-refractivity contribution in [1.29, 1.82) is 0 Å². The van der Waals surface area contributed by atoms with Crippen molar-refractivity contribution in [3.8, 4) is 28.2 Å². The van der Waals surface area contributed by atoms with E-state index in [9.17, 15) is 0 Å². The van der Waals surface area contributed by atoms with Crippen LogP contribution in [0, 0.1) is 6.92 Å². The van der Waals surface area contributed by atoms with Crippen LogP contribution in [-0.4, -0.2) is 11.3 Å². The molecule has 9 aromatic rings. The molecule has 0 unspecified atom stereocenters. The first-order valence-electron chi connectivity index (χ1n) is 29.2. The fourth-order valence-corrected chi connectivity index (χ4v) is 15.6. The molecule has 0 spiro atoms. The first-order valence-corrected chi connectivity index (χ1v) is 30.9. The van der Waals surface area contributed by atoms with Gasteiger partial charge in [0.05, 0.1) is 35.4 Å². The van der Waals surface area contributed by atoms with Crippen LogP contribution in [0.2, 0.25) is 0 Å². The highest BCUT2D eigenvalue weighted by atomic mass is 32.2. The quantitative estimate of drug-likeness (QED) is 0.126. The number of hydrogen-bond donors (Lipinski definition) is 0. The molecule has 0 bridgehead atoms. The summed E-state index contributed by atoms with van der Waals surface area (Å²) in [5, 5.41) is 0. The predicted octanol–water partition coefficient (Wildman–Crippen LogP) is 18.5. The topological polar surface area (TPSA) is 15.3 Å². The van der Waals surface area contributed by atoms with Gasteiger partial charge in [-0.1, -0.05) is 195 Å². The number of aryl methyl sites for hydroxylation is 2. The lowest BCUT2D eigenvalue weighted by Gasteiger charge is -2.48. The molecule has 0 atom stereocenters. The van der Waals surface area contributed by atoms with Crippen LogP contribution < -0.4 is 30.8 Å². The van der Waals surface area contributed by atoms with E-state index in [4.69, 9.17) is 0 Å². The standard InChI is InChI=1S/C73H78BN4S2/c1-41(2)50-24-21-25-51(42(3)4)66(50)78-58-32-44(26-29-55(58)75(18)69(78)52-23-20-19-22-43(52)5)45-33-59-65-60(34-45)77-57-31-28-47(71(9,10)11)38-62(57)80-64-40-49(73(15,16)17)36-54(68(64)77)74(65)53-35-48(72(12,13)14)39-63-67(53)76(59)56-30-27-46(70(6,7)8)37-61(56)79-63/h19-42H,1-18H3/q+1. The molecule has 1 aromatic heterocycles. The van der Waals surface area contributed by atoms with Gasteiger partial charge in [-0.25, -0.2) is 4.57 Å². The normalized spacial score (nSPS) is 14.4. The number of benzene rings is 8. The van der Waals surface area contributed by atoms with Crippen LogP contribution in [0.3, 0.4) is 0 Å². The Hall–Kier alpha value is -6.41. The number of hydrogen-bond acceptors (Lipinski definition) is 4. The second kappa shape index (κ2) is 18.0. The van der Waals surface area contributed by atoms with E-state index in [1.54, 1.807) is 0 Å². The lowest BCUT2D eigenvalue weighted by Crippen LogP contribution is -2.62. The molecule has 0 saturated heterocycles. The summed E-state index contributed by atoms with van der Waals surface area (Å²) < 4.78 is 5.08. The van der Waals surface area contributed by atoms with Crippen molar-refractivity contribution in [3.05, 3.63) is 172 Å². The van der Waals surface area contributed by atoms with E-state index in [0.29, 0.717) is 11.8 Å². The third kappa shape index (κ3) is 8.12. The van der Waals surface area contributed by atoms with Crippen LogP contribution in [0.4, 0.5) is 34.1 Å². The van der Waals surface area contributed by atoms with Gasteiger partial charge < -0.3 is 9.80 Å². The molecule has 0 amide bonds. The number of anilines is 6. The Labute approximate surface area is 486 Å². The molecule has 5 heterocycles. The SMILES string of the molecule is Cc1ccccc1-c1n(-c2c(C(C)C)cccc2C(C)C)c2cc(-c3cc4c5c(c3)N3c6ccc(C(C)(C)C)cc6Sc6cc(C(C)(C)C)cc(c63)B5c3cc(C(C)(C)C)cc5c3N4c3ccc(C(C)(C)C)cc3S5)ccc2[n+]1C. The molecule has 4 nitrogen and oxygen atoms in total. The third-order valence-electron chi connectivity index (χ3n) is 17.9. The molecule has 0 aliphatic carbocycles. The second-order valence-electron chi connectivity index (χ2n) is 28.3. The summed E-state index contributed by atoms with van der Waals surface area (Å²) in [6.07, 6.45) is 0. The minimum atomic E-state index is -0.0675. The fraction of sp³-hybridized carbons (Fsp3) is 0.329. The van der Waals surface area contributed by atoms with Gasteiger partial charge in [0.2, 0.25) is 0 Å². The Bertz CT molecular complexity index is 3920. The Morgan fingerprint density at radius 1 is 0.450 bits per heavy atom. The smallest absolute Gasteiger partial charge is 0.295 e. The summed E-state index contributed by atoms with van der Waals surface area (Å²) in [5.41, 5.74) is 28.5. The fourth-order valence-electron chi connectivity index (χ4n) is 13.3.